The lowest BCUT2D eigenvalue weighted by Gasteiger charge is -2.31. The zero-order chi connectivity index (χ0) is 12.8. The highest BCUT2D eigenvalue weighted by molar-refractivity contribution is 4.84. The molecule has 1 heterocycles. The Morgan fingerprint density at radius 1 is 1.11 bits per heavy atom. The molecule has 18 heavy (non-hydrogen) atoms. The normalized spacial score (nSPS) is 30.8. The van der Waals surface area contributed by atoms with Gasteiger partial charge in [-0.25, -0.2) is 0 Å². The maximum absolute atomic E-state index is 5.65. The van der Waals surface area contributed by atoms with E-state index < -0.39 is 0 Å². The van der Waals surface area contributed by atoms with Crippen LogP contribution < -0.4 is 5.32 Å². The van der Waals surface area contributed by atoms with Gasteiger partial charge in [-0.2, -0.15) is 0 Å². The molecule has 0 radical (unpaired) electrons. The van der Waals surface area contributed by atoms with Crippen molar-refractivity contribution in [2.45, 2.75) is 57.5 Å². The maximum atomic E-state index is 5.65. The van der Waals surface area contributed by atoms with Crippen molar-refractivity contribution in [3.63, 3.8) is 0 Å². The van der Waals surface area contributed by atoms with Gasteiger partial charge in [0.15, 0.2) is 0 Å². The molecule has 1 aliphatic heterocycles. The minimum Gasteiger partial charge on any atom is -0.379 e. The van der Waals surface area contributed by atoms with Crippen LogP contribution in [0.1, 0.15) is 45.4 Å². The smallest absolute Gasteiger partial charge is 0.0623 e. The summed E-state index contributed by atoms with van der Waals surface area (Å²) in [5.41, 5.74) is 0. The highest BCUT2D eigenvalue weighted by Crippen LogP contribution is 2.23. The van der Waals surface area contributed by atoms with Crippen molar-refractivity contribution in [1.82, 2.24) is 10.2 Å². The molecule has 0 aromatic heterocycles. The quantitative estimate of drug-likeness (QED) is 0.762. The third-order valence-corrected chi connectivity index (χ3v) is 4.64. The van der Waals surface area contributed by atoms with Gasteiger partial charge in [-0.3, -0.25) is 0 Å². The first-order chi connectivity index (χ1) is 8.81. The zero-order valence-electron chi connectivity index (χ0n) is 12.2. The lowest BCUT2D eigenvalue weighted by atomic mass is 10.0. The third kappa shape index (κ3) is 3.94. The molecular weight excluding hydrogens is 224 g/mol. The summed E-state index contributed by atoms with van der Waals surface area (Å²) in [7, 11) is 2.32. The summed E-state index contributed by atoms with van der Waals surface area (Å²) in [6.07, 6.45) is 8.53. The van der Waals surface area contributed by atoms with E-state index in [1.54, 1.807) is 0 Å². The molecule has 1 N–H and O–H groups in total. The Morgan fingerprint density at radius 3 is 2.50 bits per heavy atom. The molecule has 1 saturated carbocycles. The van der Waals surface area contributed by atoms with E-state index in [1.165, 1.54) is 45.1 Å². The predicted octanol–water partition coefficient (Wildman–Crippen LogP) is 2.27. The van der Waals surface area contributed by atoms with Crippen LogP contribution in [0.5, 0.6) is 0 Å². The lowest BCUT2D eigenvalue weighted by molar-refractivity contribution is 0.154. The summed E-state index contributed by atoms with van der Waals surface area (Å²) < 4.78 is 5.65. The molecular formula is C15H30N2O. The Kier molecular flexibility index (Phi) is 5.93. The molecule has 1 saturated heterocycles. The van der Waals surface area contributed by atoms with E-state index in [2.05, 4.69) is 24.2 Å². The molecule has 2 atom stereocenters. The second-order valence-electron chi connectivity index (χ2n) is 6.05. The second-order valence-corrected chi connectivity index (χ2v) is 6.05. The van der Waals surface area contributed by atoms with Gasteiger partial charge in [-0.1, -0.05) is 32.6 Å². The van der Waals surface area contributed by atoms with Crippen molar-refractivity contribution < 1.29 is 4.74 Å². The average molecular weight is 254 g/mol. The summed E-state index contributed by atoms with van der Waals surface area (Å²) >= 11 is 0. The van der Waals surface area contributed by atoms with Gasteiger partial charge in [0.2, 0.25) is 0 Å². The van der Waals surface area contributed by atoms with Crippen LogP contribution in [0.4, 0.5) is 0 Å². The van der Waals surface area contributed by atoms with Crippen molar-refractivity contribution in [2.24, 2.45) is 5.92 Å². The molecule has 2 aliphatic rings. The van der Waals surface area contributed by atoms with Crippen LogP contribution in [0.2, 0.25) is 0 Å². The number of hydrogen-bond acceptors (Lipinski definition) is 3. The molecule has 1 aliphatic carbocycles. The molecule has 0 bridgehead atoms. The fourth-order valence-corrected chi connectivity index (χ4v) is 3.48. The summed E-state index contributed by atoms with van der Waals surface area (Å²) in [5, 5.41) is 3.56. The minimum absolute atomic E-state index is 0.572. The van der Waals surface area contributed by atoms with Crippen LogP contribution in [0.15, 0.2) is 0 Å². The fraction of sp³-hybridized carbons (Fsp3) is 1.00. The Labute approximate surface area is 112 Å². The number of nitrogens with one attached hydrogen (secondary N) is 1. The van der Waals surface area contributed by atoms with Crippen LogP contribution in [0.25, 0.3) is 0 Å². The molecule has 2 fully saturated rings. The number of hydrogen-bond donors (Lipinski definition) is 1. The first-order valence-corrected chi connectivity index (χ1v) is 7.82. The number of rotatable bonds is 5. The molecule has 2 unspecified atom stereocenters. The topological polar surface area (TPSA) is 24.5 Å². The molecule has 3 nitrogen and oxygen atoms in total. The monoisotopic (exact) mass is 254 g/mol. The van der Waals surface area contributed by atoms with Crippen LogP contribution >= 0.6 is 0 Å². The third-order valence-electron chi connectivity index (χ3n) is 4.64. The Bertz CT molecular complexity index is 227. The van der Waals surface area contributed by atoms with Crippen molar-refractivity contribution in [1.29, 1.82) is 0 Å². The Balaban J connectivity index is 1.79. The van der Waals surface area contributed by atoms with E-state index in [4.69, 9.17) is 4.74 Å². The predicted molar refractivity (Wildman–Crippen MR) is 75.9 cm³/mol. The van der Waals surface area contributed by atoms with Crippen molar-refractivity contribution in [3.05, 3.63) is 0 Å². The van der Waals surface area contributed by atoms with E-state index in [0.29, 0.717) is 12.0 Å². The summed E-state index contributed by atoms with van der Waals surface area (Å²) in [6.45, 7) is 6.27. The number of ether oxygens (including phenoxy) is 1. The van der Waals surface area contributed by atoms with Gasteiger partial charge in [0.1, 0.15) is 0 Å². The van der Waals surface area contributed by atoms with E-state index in [0.717, 1.165) is 25.8 Å². The van der Waals surface area contributed by atoms with Crippen molar-refractivity contribution in [2.75, 3.05) is 33.4 Å². The van der Waals surface area contributed by atoms with E-state index in [-0.39, 0.29) is 0 Å². The standard InChI is InChI=1S/C15H30N2O/c1-3-16-15-12-18-11-13(15)10-17(2)14-8-6-4-5-7-9-14/h13-16H,3-12H2,1-2H3. The van der Waals surface area contributed by atoms with Crippen LogP contribution in [0, 0.1) is 5.92 Å². The molecule has 2 rings (SSSR count). The minimum atomic E-state index is 0.572. The molecule has 0 aromatic rings. The van der Waals surface area contributed by atoms with Gasteiger partial charge < -0.3 is 15.0 Å². The number of likely N-dealkylation sites (N-methyl/N-ethyl adjacent to an activating group) is 1. The van der Waals surface area contributed by atoms with Gasteiger partial charge in [-0.05, 0) is 26.4 Å². The average Bonchev–Trinajstić information content (AvgIpc) is 2.66. The summed E-state index contributed by atoms with van der Waals surface area (Å²) in [6, 6.07) is 1.39. The SMILES string of the molecule is CCNC1COCC1CN(C)C1CCCCCC1. The van der Waals surface area contributed by atoms with Crippen LogP contribution in [0.3, 0.4) is 0 Å². The molecule has 0 spiro atoms. The maximum Gasteiger partial charge on any atom is 0.0623 e. The first kappa shape index (κ1) is 14.3. The van der Waals surface area contributed by atoms with Gasteiger partial charge in [0.05, 0.1) is 13.2 Å². The molecule has 0 aromatic carbocycles. The first-order valence-electron chi connectivity index (χ1n) is 7.82. The van der Waals surface area contributed by atoms with Crippen molar-refractivity contribution in [3.8, 4) is 0 Å². The van der Waals surface area contributed by atoms with E-state index in [1.807, 2.05) is 0 Å². The zero-order valence-corrected chi connectivity index (χ0v) is 12.2. The fourth-order valence-electron chi connectivity index (χ4n) is 3.48. The van der Waals surface area contributed by atoms with Crippen LogP contribution in [-0.2, 0) is 4.74 Å². The summed E-state index contributed by atoms with van der Waals surface area (Å²) in [5.74, 6) is 0.679. The highest BCUT2D eigenvalue weighted by Gasteiger charge is 2.30. The van der Waals surface area contributed by atoms with Gasteiger partial charge >= 0.3 is 0 Å². The second kappa shape index (κ2) is 7.46. The lowest BCUT2D eigenvalue weighted by Crippen LogP contribution is -2.43. The number of nitrogens with zero attached hydrogens (tertiary/aromatic N) is 1. The highest BCUT2D eigenvalue weighted by atomic mass is 16.5. The van der Waals surface area contributed by atoms with Crippen molar-refractivity contribution >= 4 is 0 Å². The van der Waals surface area contributed by atoms with Gasteiger partial charge in [0, 0.05) is 24.5 Å². The van der Waals surface area contributed by atoms with Crippen LogP contribution in [-0.4, -0.2) is 50.3 Å². The van der Waals surface area contributed by atoms with Gasteiger partial charge in [0.25, 0.3) is 0 Å². The molecule has 0 amide bonds. The largest absolute Gasteiger partial charge is 0.379 e. The summed E-state index contributed by atoms with van der Waals surface area (Å²) in [4.78, 5) is 2.61. The Hall–Kier alpha value is -0.120. The van der Waals surface area contributed by atoms with Gasteiger partial charge in [-0.15, -0.1) is 0 Å². The Morgan fingerprint density at radius 2 is 1.83 bits per heavy atom. The van der Waals surface area contributed by atoms with E-state index in [9.17, 15) is 0 Å². The molecule has 3 heteroatoms. The van der Waals surface area contributed by atoms with E-state index >= 15 is 0 Å². The molecule has 106 valence electrons.